The lowest BCUT2D eigenvalue weighted by Crippen LogP contribution is -2.57. The normalized spacial score (nSPS) is 20.5. The number of ether oxygens (including phenoxy) is 3. The first-order valence-corrected chi connectivity index (χ1v) is 11.0. The Morgan fingerprint density at radius 3 is 1.64 bits per heavy atom. The van der Waals surface area contributed by atoms with E-state index in [0.717, 1.165) is 0 Å². The van der Waals surface area contributed by atoms with E-state index in [9.17, 15) is 80.6 Å². The third kappa shape index (κ3) is 6.18. The second-order valence-electron chi connectivity index (χ2n) is 8.60. The lowest BCUT2D eigenvalue weighted by atomic mass is 9.88. The van der Waals surface area contributed by atoms with Gasteiger partial charge in [-0.3, -0.25) is 9.59 Å². The van der Waals surface area contributed by atoms with E-state index in [2.05, 4.69) is 14.2 Å². The molecule has 238 valence electrons. The van der Waals surface area contributed by atoms with Crippen LogP contribution < -0.4 is 0 Å². The first-order valence-electron chi connectivity index (χ1n) is 11.0. The fourth-order valence-corrected chi connectivity index (χ4v) is 3.13. The van der Waals surface area contributed by atoms with Crippen LogP contribution in [-0.2, 0) is 33.4 Å². The highest BCUT2D eigenvalue weighted by Crippen LogP contribution is 2.50. The van der Waals surface area contributed by atoms with Crippen LogP contribution in [0.4, 0.5) is 61.5 Å². The number of ketones is 1. The predicted molar refractivity (Wildman–Crippen MR) is 102 cm³/mol. The topological polar surface area (TPSA) is 96.0 Å². The molecule has 1 atom stereocenters. The Balaban J connectivity index is 2.68. The van der Waals surface area contributed by atoms with Gasteiger partial charge in [-0.2, -0.15) is 61.5 Å². The number of alkyl halides is 14. The van der Waals surface area contributed by atoms with E-state index in [0.29, 0.717) is 0 Å². The van der Waals surface area contributed by atoms with Gasteiger partial charge in [-0.05, 0) is 25.8 Å². The number of carbonyl (C=O) groups is 4. The van der Waals surface area contributed by atoms with Gasteiger partial charge in [0.2, 0.25) is 0 Å². The largest absolute Gasteiger partial charge is 0.466 e. The van der Waals surface area contributed by atoms with Gasteiger partial charge in [0.1, 0.15) is 11.5 Å². The Kier molecular flexibility index (Phi) is 9.12. The van der Waals surface area contributed by atoms with Gasteiger partial charge in [0.25, 0.3) is 0 Å². The van der Waals surface area contributed by atoms with Crippen molar-refractivity contribution >= 4 is 23.7 Å². The van der Waals surface area contributed by atoms with Crippen molar-refractivity contribution in [2.24, 2.45) is 11.8 Å². The molecule has 1 saturated carbocycles. The van der Waals surface area contributed by atoms with Gasteiger partial charge in [0.05, 0.1) is 18.1 Å². The molecule has 0 bridgehead atoms. The Morgan fingerprint density at radius 1 is 0.786 bits per heavy atom. The van der Waals surface area contributed by atoms with Crippen molar-refractivity contribution < 1.29 is 94.9 Å². The number of esters is 3. The number of halogens is 14. The smallest absolute Gasteiger partial charge is 0.460 e. The minimum Gasteiger partial charge on any atom is -0.466 e. The summed E-state index contributed by atoms with van der Waals surface area (Å²) in [7, 11) is 0. The number of Topliss-reactive ketones (excluding diaryl/α,β-unsaturated/α-hetero) is 1. The third-order valence-electron chi connectivity index (χ3n) is 5.49. The van der Waals surface area contributed by atoms with Crippen molar-refractivity contribution in [2.75, 3.05) is 6.61 Å². The van der Waals surface area contributed by atoms with Crippen LogP contribution in [0.25, 0.3) is 0 Å². The molecule has 0 aliphatic heterocycles. The molecule has 2 aliphatic carbocycles. The van der Waals surface area contributed by atoms with Crippen LogP contribution in [0.15, 0.2) is 23.2 Å². The molecule has 0 N–H and O–H groups in total. The zero-order chi connectivity index (χ0) is 32.9. The molecule has 2 aliphatic rings. The van der Waals surface area contributed by atoms with Crippen LogP contribution in [0.2, 0.25) is 0 Å². The van der Waals surface area contributed by atoms with Gasteiger partial charge >= 0.3 is 54.0 Å². The van der Waals surface area contributed by atoms with Crippen LogP contribution in [0.1, 0.15) is 26.2 Å². The van der Waals surface area contributed by atoms with Crippen LogP contribution in [0.5, 0.6) is 0 Å². The minimum atomic E-state index is -7.13. The summed E-state index contributed by atoms with van der Waals surface area (Å²) in [5, 5.41) is 0. The molecule has 0 saturated heterocycles. The van der Waals surface area contributed by atoms with Gasteiger partial charge in [-0.1, -0.05) is 0 Å². The lowest BCUT2D eigenvalue weighted by Gasteiger charge is -2.29. The summed E-state index contributed by atoms with van der Waals surface area (Å²) in [6, 6.07) is 0. The van der Waals surface area contributed by atoms with Crippen molar-refractivity contribution in [3.8, 4) is 0 Å². The van der Waals surface area contributed by atoms with E-state index in [4.69, 9.17) is 0 Å². The number of hydrogen-bond acceptors (Lipinski definition) is 7. The molecule has 21 heteroatoms. The Morgan fingerprint density at radius 2 is 1.24 bits per heavy atom. The summed E-state index contributed by atoms with van der Waals surface area (Å²) in [4.78, 5) is 48.4. The summed E-state index contributed by atoms with van der Waals surface area (Å²) < 4.78 is 196. The van der Waals surface area contributed by atoms with Crippen LogP contribution >= 0.6 is 0 Å². The highest BCUT2D eigenvalue weighted by molar-refractivity contribution is 6.04. The van der Waals surface area contributed by atoms with Crippen molar-refractivity contribution in [1.29, 1.82) is 0 Å². The van der Waals surface area contributed by atoms with Gasteiger partial charge in [0.15, 0.2) is 5.78 Å². The zero-order valence-electron chi connectivity index (χ0n) is 20.2. The third-order valence-corrected chi connectivity index (χ3v) is 5.49. The summed E-state index contributed by atoms with van der Waals surface area (Å²) >= 11 is 0. The van der Waals surface area contributed by atoms with E-state index >= 15 is 0 Å². The number of carbonyl (C=O) groups excluding carboxylic acids is 4. The summed E-state index contributed by atoms with van der Waals surface area (Å²) in [6.45, 7) is 0.762. The fraction of sp³-hybridized carbons (Fsp3) is 0.619. The molecule has 1 fully saturated rings. The van der Waals surface area contributed by atoms with Crippen molar-refractivity contribution in [1.82, 2.24) is 0 Å². The molecule has 42 heavy (non-hydrogen) atoms. The van der Waals surface area contributed by atoms with Gasteiger partial charge in [-0.25, -0.2) is 9.59 Å². The van der Waals surface area contributed by atoms with E-state index in [-0.39, 0.29) is 18.9 Å². The molecular weight excluding hydrogens is 630 g/mol. The van der Waals surface area contributed by atoms with E-state index in [1.807, 2.05) is 0 Å². The molecule has 0 amide bonds. The summed E-state index contributed by atoms with van der Waals surface area (Å²) in [6.07, 6.45) is -15.9. The Hall–Kier alpha value is -3.42. The molecule has 0 radical (unpaired) electrons. The number of hydrogen-bond donors (Lipinski definition) is 0. The Labute approximate surface area is 223 Å². The number of allylic oxidation sites excluding steroid dienone is 2. The maximum atomic E-state index is 13.9. The van der Waals surface area contributed by atoms with Gasteiger partial charge < -0.3 is 14.2 Å². The van der Waals surface area contributed by atoms with Gasteiger partial charge in [-0.15, -0.1) is 0 Å². The van der Waals surface area contributed by atoms with E-state index < -0.39 is 102 Å². The monoisotopic (exact) mass is 644 g/mol. The maximum Gasteiger partial charge on any atom is 0.460 e. The van der Waals surface area contributed by atoms with Crippen LogP contribution in [0.3, 0.4) is 0 Å². The lowest BCUT2D eigenvalue weighted by molar-refractivity contribution is -0.347. The van der Waals surface area contributed by atoms with E-state index in [1.165, 1.54) is 6.92 Å². The van der Waals surface area contributed by atoms with Crippen molar-refractivity contribution in [3.05, 3.63) is 23.2 Å². The van der Waals surface area contributed by atoms with Crippen LogP contribution in [-0.4, -0.2) is 66.3 Å². The van der Waals surface area contributed by atoms with E-state index in [1.54, 1.807) is 0 Å². The fourth-order valence-electron chi connectivity index (χ4n) is 3.13. The quantitative estimate of drug-likeness (QED) is 0.109. The first kappa shape index (κ1) is 34.8. The maximum absolute atomic E-state index is 13.9. The molecule has 2 rings (SSSR count). The second-order valence-corrected chi connectivity index (χ2v) is 8.60. The molecule has 0 aromatic carbocycles. The highest BCUT2D eigenvalue weighted by Gasteiger charge is 2.78. The molecule has 7 nitrogen and oxygen atoms in total. The number of rotatable bonds is 9. The molecule has 0 spiro atoms. The average molecular weight is 644 g/mol. The molecule has 0 aromatic heterocycles. The van der Waals surface area contributed by atoms with Crippen LogP contribution in [0, 0.1) is 11.8 Å². The zero-order valence-corrected chi connectivity index (χ0v) is 20.2. The van der Waals surface area contributed by atoms with Crippen molar-refractivity contribution in [3.63, 3.8) is 0 Å². The molecule has 0 heterocycles. The highest BCUT2D eigenvalue weighted by atomic mass is 19.4. The minimum absolute atomic E-state index is 0.118. The second kappa shape index (κ2) is 11.0. The molecular formula is C21H14F14O7. The summed E-state index contributed by atoms with van der Waals surface area (Å²) in [5.74, 6) is -45.2. The SMILES string of the molecule is CCOC(=O)C1C=C(OC(=O)C(F)(F)C(F)(F)C(F)(F)F)/C(=C(/OC(=O)C(F)(F)C(F)(F)C(F)(F)F)C2CC2)C(=O)C1. The molecule has 0 aromatic rings. The Bertz CT molecular complexity index is 1190. The van der Waals surface area contributed by atoms with Gasteiger partial charge in [0, 0.05) is 12.3 Å². The first-order chi connectivity index (χ1) is 18.8. The molecule has 1 unspecified atom stereocenters. The standard InChI is InChI=1S/C21H14F14O7/c1-2-40-13(37)8-5-9(36)11(10(6-8)41-14(38)16(22,23)18(26,27)20(30,31)32)12(7-3-4-7)42-15(39)17(24,25)19(28,29)21(33,34)35/h6-8H,2-5H2,1H3/b12-11+. The summed E-state index contributed by atoms with van der Waals surface area (Å²) in [5.41, 5.74) is -1.64. The predicted octanol–water partition coefficient (Wildman–Crippen LogP) is 5.44. The average Bonchev–Trinajstić information content (AvgIpc) is 3.66. The van der Waals surface area contributed by atoms with Crippen molar-refractivity contribution in [2.45, 2.75) is 62.2 Å².